The molecule has 0 saturated carbocycles. The number of nitrogen functional groups attached to an aromatic ring is 1. The van der Waals surface area contributed by atoms with Crippen molar-refractivity contribution in [1.29, 1.82) is 0 Å². The molecule has 0 spiro atoms. The predicted molar refractivity (Wildman–Crippen MR) is 86.6 cm³/mol. The average Bonchev–Trinajstić information content (AvgIpc) is 2.58. The molecule has 0 bridgehead atoms. The summed E-state index contributed by atoms with van der Waals surface area (Å²) in [6, 6.07) is 11.9. The van der Waals surface area contributed by atoms with E-state index in [0.29, 0.717) is 11.0 Å². The number of nitrogens with two attached hydrogens (primary N) is 1. The first kappa shape index (κ1) is 16.7. The Labute approximate surface area is 140 Å². The van der Waals surface area contributed by atoms with Crippen molar-refractivity contribution >= 4 is 22.8 Å². The van der Waals surface area contributed by atoms with Crippen LogP contribution < -0.4 is 11.1 Å². The maximum atomic E-state index is 13.0. The van der Waals surface area contributed by atoms with Crippen molar-refractivity contribution in [2.24, 2.45) is 0 Å². The number of alkyl halides is 3. The number of benzene rings is 2. The van der Waals surface area contributed by atoms with E-state index in [-0.39, 0.29) is 23.6 Å². The highest BCUT2D eigenvalue weighted by atomic mass is 19.4. The molecule has 8 heteroatoms. The number of hydrogen-bond acceptors (Lipinski definition) is 4. The minimum absolute atomic E-state index is 0.0457. The molecule has 0 unspecified atom stereocenters. The van der Waals surface area contributed by atoms with Gasteiger partial charge in [-0.25, -0.2) is 9.97 Å². The highest BCUT2D eigenvalue weighted by Gasteiger charge is 2.32. The minimum Gasteiger partial charge on any atom is -0.382 e. The number of para-hydroxylation sites is 2. The summed E-state index contributed by atoms with van der Waals surface area (Å²) in [6.07, 6.45) is -4.50. The molecule has 0 aliphatic carbocycles. The summed E-state index contributed by atoms with van der Waals surface area (Å²) < 4.78 is 38.9. The average molecular weight is 346 g/mol. The zero-order chi connectivity index (χ0) is 18.0. The molecule has 0 saturated heterocycles. The molecule has 5 nitrogen and oxygen atoms in total. The zero-order valence-electron chi connectivity index (χ0n) is 12.8. The lowest BCUT2D eigenvalue weighted by molar-refractivity contribution is -0.138. The van der Waals surface area contributed by atoms with Crippen molar-refractivity contribution in [2.75, 3.05) is 5.73 Å². The third-order valence-corrected chi connectivity index (χ3v) is 3.57. The van der Waals surface area contributed by atoms with Gasteiger partial charge in [-0.2, -0.15) is 13.2 Å². The molecule has 0 fully saturated rings. The number of amides is 1. The Hall–Kier alpha value is -3.16. The number of nitrogens with one attached hydrogen (secondary N) is 1. The molecular weight excluding hydrogens is 333 g/mol. The van der Waals surface area contributed by atoms with Crippen LogP contribution in [0.2, 0.25) is 0 Å². The van der Waals surface area contributed by atoms with Crippen LogP contribution in [0.15, 0.2) is 48.5 Å². The molecule has 1 heterocycles. The fraction of sp³-hybridized carbons (Fsp3) is 0.118. The normalized spacial score (nSPS) is 11.5. The van der Waals surface area contributed by atoms with E-state index in [1.165, 1.54) is 18.2 Å². The number of aromatic nitrogens is 2. The van der Waals surface area contributed by atoms with Crippen molar-refractivity contribution in [3.05, 3.63) is 65.4 Å². The summed E-state index contributed by atoms with van der Waals surface area (Å²) >= 11 is 0. The van der Waals surface area contributed by atoms with Gasteiger partial charge in [0.05, 0.1) is 16.6 Å². The maximum absolute atomic E-state index is 13.0. The lowest BCUT2D eigenvalue weighted by atomic mass is 10.1. The van der Waals surface area contributed by atoms with Crippen molar-refractivity contribution in [3.8, 4) is 0 Å². The van der Waals surface area contributed by atoms with Gasteiger partial charge >= 0.3 is 6.18 Å². The van der Waals surface area contributed by atoms with Crippen LogP contribution in [0, 0.1) is 0 Å². The fourth-order valence-electron chi connectivity index (χ4n) is 2.39. The lowest BCUT2D eigenvalue weighted by Gasteiger charge is -2.13. The summed E-state index contributed by atoms with van der Waals surface area (Å²) in [5.41, 5.74) is 5.77. The third kappa shape index (κ3) is 3.52. The Morgan fingerprint density at radius 1 is 1.00 bits per heavy atom. The summed E-state index contributed by atoms with van der Waals surface area (Å²) in [7, 11) is 0. The SMILES string of the molecule is Nc1nc2ccccc2nc1C(=O)NCc1ccccc1C(F)(F)F. The van der Waals surface area contributed by atoms with Gasteiger partial charge in [-0.1, -0.05) is 30.3 Å². The first-order valence-electron chi connectivity index (χ1n) is 7.32. The van der Waals surface area contributed by atoms with Crippen LogP contribution in [0.1, 0.15) is 21.6 Å². The third-order valence-electron chi connectivity index (χ3n) is 3.57. The highest BCUT2D eigenvalue weighted by Crippen LogP contribution is 2.31. The Morgan fingerprint density at radius 2 is 1.60 bits per heavy atom. The molecule has 3 rings (SSSR count). The fourth-order valence-corrected chi connectivity index (χ4v) is 2.39. The van der Waals surface area contributed by atoms with Crippen LogP contribution in [0.3, 0.4) is 0 Å². The number of fused-ring (bicyclic) bond motifs is 1. The predicted octanol–water partition coefficient (Wildman–Crippen LogP) is 3.16. The van der Waals surface area contributed by atoms with Crippen molar-refractivity contribution in [1.82, 2.24) is 15.3 Å². The molecule has 0 aliphatic heterocycles. The Kier molecular flexibility index (Phi) is 4.26. The molecule has 0 aliphatic rings. The number of anilines is 1. The number of rotatable bonds is 3. The first-order valence-corrected chi connectivity index (χ1v) is 7.32. The molecular formula is C17H13F3N4O. The molecule has 128 valence electrons. The molecule has 3 N–H and O–H groups in total. The molecule has 1 amide bonds. The van der Waals surface area contributed by atoms with Gasteiger partial charge in [0.25, 0.3) is 5.91 Å². The van der Waals surface area contributed by atoms with Gasteiger partial charge in [-0.3, -0.25) is 4.79 Å². The summed E-state index contributed by atoms with van der Waals surface area (Å²) in [5, 5.41) is 2.41. The Bertz CT molecular complexity index is 941. The number of halogens is 3. The number of nitrogens with zero attached hydrogens (tertiary/aromatic N) is 2. The highest BCUT2D eigenvalue weighted by molar-refractivity contribution is 5.98. The van der Waals surface area contributed by atoms with Crippen LogP contribution in [0.25, 0.3) is 11.0 Å². The second-order valence-corrected chi connectivity index (χ2v) is 5.28. The molecule has 0 atom stereocenters. The molecule has 2 aromatic carbocycles. The Morgan fingerprint density at radius 3 is 2.28 bits per heavy atom. The molecule has 25 heavy (non-hydrogen) atoms. The van der Waals surface area contributed by atoms with Crippen LogP contribution in [-0.4, -0.2) is 15.9 Å². The van der Waals surface area contributed by atoms with E-state index in [4.69, 9.17) is 5.73 Å². The van der Waals surface area contributed by atoms with E-state index in [1.54, 1.807) is 24.3 Å². The number of hydrogen-bond donors (Lipinski definition) is 2. The zero-order valence-corrected chi connectivity index (χ0v) is 12.8. The van der Waals surface area contributed by atoms with Crippen LogP contribution in [-0.2, 0) is 12.7 Å². The van der Waals surface area contributed by atoms with Crippen molar-refractivity contribution < 1.29 is 18.0 Å². The van der Waals surface area contributed by atoms with E-state index in [1.807, 2.05) is 0 Å². The van der Waals surface area contributed by atoms with Gasteiger partial charge in [-0.05, 0) is 23.8 Å². The van der Waals surface area contributed by atoms with Gasteiger partial charge < -0.3 is 11.1 Å². The molecule has 1 aromatic heterocycles. The number of carbonyl (C=O) groups is 1. The van der Waals surface area contributed by atoms with Crippen molar-refractivity contribution in [2.45, 2.75) is 12.7 Å². The smallest absolute Gasteiger partial charge is 0.382 e. The van der Waals surface area contributed by atoms with Gasteiger partial charge in [0.1, 0.15) is 0 Å². The second kappa shape index (κ2) is 6.39. The standard InChI is InChI=1S/C17H13F3N4O/c18-17(19,20)11-6-2-1-5-10(11)9-22-16(25)14-15(21)24-13-8-4-3-7-12(13)23-14/h1-8H,9H2,(H2,21,24)(H,22,25). The summed E-state index contributed by atoms with van der Waals surface area (Å²) in [6.45, 7) is -0.303. The van der Waals surface area contributed by atoms with E-state index in [2.05, 4.69) is 15.3 Å². The van der Waals surface area contributed by atoms with E-state index >= 15 is 0 Å². The first-order chi connectivity index (χ1) is 11.9. The van der Waals surface area contributed by atoms with Crippen LogP contribution >= 0.6 is 0 Å². The second-order valence-electron chi connectivity index (χ2n) is 5.28. The summed E-state index contributed by atoms with van der Waals surface area (Å²) in [4.78, 5) is 20.5. The largest absolute Gasteiger partial charge is 0.416 e. The number of carbonyl (C=O) groups excluding carboxylic acids is 1. The maximum Gasteiger partial charge on any atom is 0.416 e. The lowest BCUT2D eigenvalue weighted by Crippen LogP contribution is -2.26. The van der Waals surface area contributed by atoms with Gasteiger partial charge in [0.2, 0.25) is 0 Å². The minimum atomic E-state index is -4.50. The van der Waals surface area contributed by atoms with E-state index in [9.17, 15) is 18.0 Å². The van der Waals surface area contributed by atoms with Crippen molar-refractivity contribution in [3.63, 3.8) is 0 Å². The quantitative estimate of drug-likeness (QED) is 0.763. The van der Waals surface area contributed by atoms with Gasteiger partial charge in [0.15, 0.2) is 11.5 Å². The van der Waals surface area contributed by atoms with Crippen LogP contribution in [0.5, 0.6) is 0 Å². The molecule has 3 aromatic rings. The monoisotopic (exact) mass is 346 g/mol. The van der Waals surface area contributed by atoms with E-state index < -0.39 is 17.6 Å². The van der Waals surface area contributed by atoms with Crippen LogP contribution in [0.4, 0.5) is 19.0 Å². The Balaban J connectivity index is 1.83. The van der Waals surface area contributed by atoms with Gasteiger partial charge in [0, 0.05) is 6.54 Å². The topological polar surface area (TPSA) is 80.9 Å². The van der Waals surface area contributed by atoms with Gasteiger partial charge in [-0.15, -0.1) is 0 Å². The summed E-state index contributed by atoms with van der Waals surface area (Å²) in [5.74, 6) is -0.770. The molecule has 0 radical (unpaired) electrons. The van der Waals surface area contributed by atoms with E-state index in [0.717, 1.165) is 6.07 Å².